The number of nitrogen functional groups attached to an aromatic ring is 1. The highest BCUT2D eigenvalue weighted by Gasteiger charge is 2.24. The lowest BCUT2D eigenvalue weighted by atomic mass is 10.0. The third-order valence-corrected chi connectivity index (χ3v) is 6.42. The molecule has 3 aliphatic rings. The largest absolute Gasteiger partial charge is 0.383 e. The summed E-state index contributed by atoms with van der Waals surface area (Å²) in [6.45, 7) is 6.27. The first-order valence-electron chi connectivity index (χ1n) is 10.8. The third kappa shape index (κ3) is 3.75. The second kappa shape index (κ2) is 7.78. The number of fused-ring (bicyclic) bond motifs is 1. The van der Waals surface area contributed by atoms with E-state index >= 15 is 0 Å². The minimum absolute atomic E-state index is 0.107. The molecule has 0 radical (unpaired) electrons. The molecule has 0 unspecified atom stereocenters. The number of nitrogens with two attached hydrogens (primary N) is 1. The van der Waals surface area contributed by atoms with Crippen LogP contribution in [0, 0.1) is 5.82 Å². The lowest BCUT2D eigenvalue weighted by Crippen LogP contribution is -2.33. The van der Waals surface area contributed by atoms with Gasteiger partial charge in [-0.1, -0.05) is 6.07 Å². The van der Waals surface area contributed by atoms with E-state index in [9.17, 15) is 4.39 Å². The number of halogens is 1. The summed E-state index contributed by atoms with van der Waals surface area (Å²) >= 11 is 0. The van der Waals surface area contributed by atoms with Gasteiger partial charge < -0.3 is 15.5 Å². The zero-order valence-electron chi connectivity index (χ0n) is 16.9. The molecule has 3 aliphatic heterocycles. The molecule has 2 N–H and O–H groups in total. The lowest BCUT2D eigenvalue weighted by molar-refractivity contribution is 0.241. The molecule has 29 heavy (non-hydrogen) atoms. The first-order valence-corrected chi connectivity index (χ1v) is 10.8. The van der Waals surface area contributed by atoms with E-state index in [0.717, 1.165) is 93.5 Å². The van der Waals surface area contributed by atoms with Crippen LogP contribution in [-0.4, -0.2) is 47.6 Å². The van der Waals surface area contributed by atoms with Crippen molar-refractivity contribution in [2.45, 2.75) is 45.2 Å². The second-order valence-corrected chi connectivity index (χ2v) is 8.47. The predicted octanol–water partition coefficient (Wildman–Crippen LogP) is 2.96. The first kappa shape index (κ1) is 18.6. The number of benzene rings is 1. The van der Waals surface area contributed by atoms with Crippen LogP contribution in [0.4, 0.5) is 21.8 Å². The van der Waals surface area contributed by atoms with E-state index in [1.54, 1.807) is 6.07 Å². The van der Waals surface area contributed by atoms with Gasteiger partial charge in [-0.05, 0) is 49.8 Å². The van der Waals surface area contributed by atoms with Gasteiger partial charge in [0.1, 0.15) is 11.6 Å². The van der Waals surface area contributed by atoms with Crippen molar-refractivity contribution >= 4 is 17.5 Å². The quantitative estimate of drug-likeness (QED) is 0.857. The molecule has 0 bridgehead atoms. The van der Waals surface area contributed by atoms with Crippen molar-refractivity contribution in [3.63, 3.8) is 0 Å². The van der Waals surface area contributed by atoms with Crippen molar-refractivity contribution in [1.29, 1.82) is 0 Å². The predicted molar refractivity (Wildman–Crippen MR) is 114 cm³/mol. The SMILES string of the molecule is Nc1nc(N2CCCC2)nc2c1CCN(Cc1ccc(N3CCCC3)c(F)c1)C2. The summed E-state index contributed by atoms with van der Waals surface area (Å²) in [6.07, 6.45) is 5.52. The molecular formula is C22H29FN6. The fourth-order valence-corrected chi connectivity index (χ4v) is 4.82. The summed E-state index contributed by atoms with van der Waals surface area (Å²) in [5.74, 6) is 1.28. The first-order chi connectivity index (χ1) is 14.2. The number of anilines is 3. The summed E-state index contributed by atoms with van der Waals surface area (Å²) in [7, 11) is 0. The van der Waals surface area contributed by atoms with Crippen molar-refractivity contribution in [2.24, 2.45) is 0 Å². The van der Waals surface area contributed by atoms with Gasteiger partial charge in [0.15, 0.2) is 0 Å². The Morgan fingerprint density at radius 1 is 0.931 bits per heavy atom. The Morgan fingerprint density at radius 2 is 1.66 bits per heavy atom. The van der Waals surface area contributed by atoms with Crippen LogP contribution in [-0.2, 0) is 19.5 Å². The monoisotopic (exact) mass is 396 g/mol. The van der Waals surface area contributed by atoms with Gasteiger partial charge in [0.25, 0.3) is 0 Å². The molecule has 1 aromatic heterocycles. The summed E-state index contributed by atoms with van der Waals surface area (Å²) in [6, 6.07) is 5.71. The molecule has 2 saturated heterocycles. The molecule has 154 valence electrons. The van der Waals surface area contributed by atoms with Crippen molar-refractivity contribution in [3.8, 4) is 0 Å². The number of aromatic nitrogens is 2. The van der Waals surface area contributed by atoms with Gasteiger partial charge in [-0.25, -0.2) is 9.37 Å². The van der Waals surface area contributed by atoms with Crippen molar-refractivity contribution in [1.82, 2.24) is 14.9 Å². The highest BCUT2D eigenvalue weighted by Crippen LogP contribution is 2.28. The van der Waals surface area contributed by atoms with E-state index in [4.69, 9.17) is 10.7 Å². The van der Waals surface area contributed by atoms with Gasteiger partial charge in [-0.2, -0.15) is 4.98 Å². The van der Waals surface area contributed by atoms with Crippen LogP contribution >= 0.6 is 0 Å². The van der Waals surface area contributed by atoms with Crippen molar-refractivity contribution in [2.75, 3.05) is 48.3 Å². The number of nitrogens with zero attached hydrogens (tertiary/aromatic N) is 5. The standard InChI is InChI=1S/C22H29FN6/c23-18-13-16(5-6-20(18)28-8-1-2-9-28)14-27-12-7-17-19(15-27)25-22(26-21(17)24)29-10-3-4-11-29/h5-6,13H,1-4,7-12,14-15H2,(H2,24,25,26). The maximum absolute atomic E-state index is 14.7. The Balaban J connectivity index is 1.31. The number of hydrogen-bond donors (Lipinski definition) is 1. The van der Waals surface area contributed by atoms with Crippen LogP contribution < -0.4 is 15.5 Å². The van der Waals surface area contributed by atoms with Gasteiger partial charge in [-0.3, -0.25) is 4.90 Å². The summed E-state index contributed by atoms with van der Waals surface area (Å²) < 4.78 is 14.7. The molecule has 2 fully saturated rings. The van der Waals surface area contributed by atoms with E-state index in [2.05, 4.69) is 25.8 Å². The average Bonchev–Trinajstić information content (AvgIpc) is 3.42. The zero-order chi connectivity index (χ0) is 19.8. The van der Waals surface area contributed by atoms with Crippen LogP contribution in [0.1, 0.15) is 42.5 Å². The Labute approximate surface area is 171 Å². The molecule has 2 aromatic rings. The molecule has 7 heteroatoms. The molecule has 6 nitrogen and oxygen atoms in total. The Bertz CT molecular complexity index is 889. The summed E-state index contributed by atoms with van der Waals surface area (Å²) in [5.41, 5.74) is 10.1. The molecule has 1 aromatic carbocycles. The summed E-state index contributed by atoms with van der Waals surface area (Å²) in [4.78, 5) is 16.1. The molecule has 4 heterocycles. The zero-order valence-corrected chi connectivity index (χ0v) is 16.9. The molecule has 0 amide bonds. The topological polar surface area (TPSA) is 61.5 Å². The van der Waals surface area contributed by atoms with E-state index in [1.165, 1.54) is 12.8 Å². The molecule has 0 atom stereocenters. The number of rotatable bonds is 4. The van der Waals surface area contributed by atoms with Gasteiger partial charge in [0, 0.05) is 51.4 Å². The summed E-state index contributed by atoms with van der Waals surface area (Å²) in [5, 5.41) is 0. The van der Waals surface area contributed by atoms with Gasteiger partial charge in [0.2, 0.25) is 5.95 Å². The maximum atomic E-state index is 14.7. The third-order valence-electron chi connectivity index (χ3n) is 6.42. The fraction of sp³-hybridized carbons (Fsp3) is 0.545. The van der Waals surface area contributed by atoms with E-state index in [0.29, 0.717) is 5.82 Å². The lowest BCUT2D eigenvalue weighted by Gasteiger charge is -2.29. The molecule has 0 spiro atoms. The Hall–Kier alpha value is -2.41. The Morgan fingerprint density at radius 3 is 2.38 bits per heavy atom. The normalized spacial score (nSPS) is 19.8. The van der Waals surface area contributed by atoms with Crippen LogP contribution in [0.15, 0.2) is 18.2 Å². The molecular weight excluding hydrogens is 367 g/mol. The smallest absolute Gasteiger partial charge is 0.227 e. The molecule has 5 rings (SSSR count). The second-order valence-electron chi connectivity index (χ2n) is 8.47. The van der Waals surface area contributed by atoms with Gasteiger partial charge >= 0.3 is 0 Å². The van der Waals surface area contributed by atoms with E-state index in [-0.39, 0.29) is 5.82 Å². The minimum atomic E-state index is -0.107. The Kier molecular flexibility index (Phi) is 4.99. The van der Waals surface area contributed by atoms with Crippen LogP contribution in [0.2, 0.25) is 0 Å². The molecule has 0 aliphatic carbocycles. The molecule has 0 saturated carbocycles. The minimum Gasteiger partial charge on any atom is -0.383 e. The highest BCUT2D eigenvalue weighted by atomic mass is 19.1. The van der Waals surface area contributed by atoms with E-state index in [1.807, 2.05) is 6.07 Å². The maximum Gasteiger partial charge on any atom is 0.227 e. The fourth-order valence-electron chi connectivity index (χ4n) is 4.82. The van der Waals surface area contributed by atoms with E-state index < -0.39 is 0 Å². The van der Waals surface area contributed by atoms with Crippen molar-refractivity contribution < 1.29 is 4.39 Å². The van der Waals surface area contributed by atoms with Gasteiger partial charge in [0.05, 0.1) is 11.4 Å². The van der Waals surface area contributed by atoms with Crippen LogP contribution in [0.5, 0.6) is 0 Å². The number of hydrogen-bond acceptors (Lipinski definition) is 6. The van der Waals surface area contributed by atoms with Crippen LogP contribution in [0.3, 0.4) is 0 Å². The van der Waals surface area contributed by atoms with Crippen molar-refractivity contribution in [3.05, 3.63) is 40.8 Å². The van der Waals surface area contributed by atoms with Crippen LogP contribution in [0.25, 0.3) is 0 Å². The highest BCUT2D eigenvalue weighted by molar-refractivity contribution is 5.51. The average molecular weight is 397 g/mol. The van der Waals surface area contributed by atoms with Gasteiger partial charge in [-0.15, -0.1) is 0 Å².